The smallest absolute Gasteiger partial charge is 0.419 e. The van der Waals surface area contributed by atoms with E-state index < -0.39 is 11.7 Å². The van der Waals surface area contributed by atoms with Gasteiger partial charge in [-0.25, -0.2) is 0 Å². The van der Waals surface area contributed by atoms with E-state index in [2.05, 4.69) is 25.3 Å². The van der Waals surface area contributed by atoms with Crippen LogP contribution in [0.1, 0.15) is 17.0 Å². The van der Waals surface area contributed by atoms with Crippen LogP contribution in [0.2, 0.25) is 0 Å². The van der Waals surface area contributed by atoms with Gasteiger partial charge >= 0.3 is 6.18 Å². The number of ether oxygens (including phenoxy) is 1. The number of hydrogen-bond donors (Lipinski definition) is 1. The first-order valence-electron chi connectivity index (χ1n) is 9.76. The fraction of sp³-hybridized carbons (Fsp3) is 0.500. The van der Waals surface area contributed by atoms with E-state index in [0.29, 0.717) is 12.5 Å². The molecular formula is C20H27F3IN5O2. The van der Waals surface area contributed by atoms with Crippen molar-refractivity contribution >= 4 is 29.9 Å². The van der Waals surface area contributed by atoms with Crippen molar-refractivity contribution in [1.82, 2.24) is 20.3 Å². The zero-order chi connectivity index (χ0) is 21.6. The van der Waals surface area contributed by atoms with Crippen molar-refractivity contribution in [2.24, 2.45) is 4.99 Å². The third kappa shape index (κ3) is 7.27. The number of aliphatic imine (C=N–C) groups is 1. The van der Waals surface area contributed by atoms with Gasteiger partial charge in [-0.15, -0.1) is 24.0 Å². The highest BCUT2D eigenvalue weighted by molar-refractivity contribution is 14.0. The second-order valence-corrected chi connectivity index (χ2v) is 7.01. The summed E-state index contributed by atoms with van der Waals surface area (Å²) in [5, 5.41) is 7.18. The molecule has 2 heterocycles. The molecule has 7 nitrogen and oxygen atoms in total. The van der Waals surface area contributed by atoms with Gasteiger partial charge in [-0.1, -0.05) is 17.3 Å². The van der Waals surface area contributed by atoms with Gasteiger partial charge in [0.05, 0.1) is 17.8 Å². The standard InChI is InChI=1S/C20H26F3N5O2.HI/c1-15-13-16(26-30-15)14-27-8-10-28(11-9-27)19(24-2)25-7-12-29-18-6-4-3-5-17(18)20(21,22)23;/h3-6,13H,7-12,14H2,1-2H3,(H,24,25);1H. The number of aryl methyl sites for hydroxylation is 1. The largest absolute Gasteiger partial charge is 0.491 e. The SMILES string of the molecule is CN=C(NCCOc1ccccc1C(F)(F)F)N1CCN(Cc2cc(C)on2)CC1.I. The molecule has 0 spiro atoms. The molecule has 1 aliphatic heterocycles. The summed E-state index contributed by atoms with van der Waals surface area (Å²) in [5.41, 5.74) is 0.146. The Bertz CT molecular complexity index is 851. The minimum Gasteiger partial charge on any atom is -0.491 e. The number of nitrogens with zero attached hydrogens (tertiary/aromatic N) is 4. The Labute approximate surface area is 196 Å². The molecule has 11 heteroatoms. The van der Waals surface area contributed by atoms with E-state index in [1.807, 2.05) is 13.0 Å². The Morgan fingerprint density at radius 3 is 2.55 bits per heavy atom. The number of guanidine groups is 1. The molecule has 1 aliphatic rings. The maximum atomic E-state index is 13.0. The van der Waals surface area contributed by atoms with Crippen LogP contribution in [0.15, 0.2) is 39.8 Å². The number of piperazine rings is 1. The summed E-state index contributed by atoms with van der Waals surface area (Å²) in [6.45, 7) is 6.32. The molecule has 0 amide bonds. The second kappa shape index (κ2) is 11.6. The van der Waals surface area contributed by atoms with Crippen LogP contribution in [0.25, 0.3) is 0 Å². The monoisotopic (exact) mass is 553 g/mol. The first-order valence-corrected chi connectivity index (χ1v) is 9.76. The molecule has 0 unspecified atom stereocenters. The Morgan fingerprint density at radius 1 is 1.23 bits per heavy atom. The van der Waals surface area contributed by atoms with Gasteiger partial charge in [0.2, 0.25) is 0 Å². The molecule has 0 bridgehead atoms. The van der Waals surface area contributed by atoms with Crippen molar-refractivity contribution in [3.05, 3.63) is 47.3 Å². The molecule has 1 aromatic heterocycles. The zero-order valence-electron chi connectivity index (χ0n) is 17.5. The minimum atomic E-state index is -4.44. The van der Waals surface area contributed by atoms with Gasteiger partial charge in [-0.05, 0) is 19.1 Å². The van der Waals surface area contributed by atoms with Gasteiger partial charge in [0.15, 0.2) is 5.96 Å². The van der Waals surface area contributed by atoms with Gasteiger partial charge < -0.3 is 19.5 Å². The zero-order valence-corrected chi connectivity index (χ0v) is 19.8. The van der Waals surface area contributed by atoms with Gasteiger partial charge in [-0.3, -0.25) is 9.89 Å². The summed E-state index contributed by atoms with van der Waals surface area (Å²) in [7, 11) is 1.69. The van der Waals surface area contributed by atoms with Crippen molar-refractivity contribution < 1.29 is 22.4 Å². The third-order valence-electron chi connectivity index (χ3n) is 4.78. The predicted molar refractivity (Wildman–Crippen MR) is 122 cm³/mol. The summed E-state index contributed by atoms with van der Waals surface area (Å²) >= 11 is 0. The second-order valence-electron chi connectivity index (χ2n) is 7.01. The third-order valence-corrected chi connectivity index (χ3v) is 4.78. The van der Waals surface area contributed by atoms with Crippen molar-refractivity contribution in [1.29, 1.82) is 0 Å². The van der Waals surface area contributed by atoms with Crippen LogP contribution in [-0.4, -0.2) is 67.3 Å². The summed E-state index contributed by atoms with van der Waals surface area (Å²) < 4.78 is 49.5. The molecule has 0 radical (unpaired) electrons. The highest BCUT2D eigenvalue weighted by atomic mass is 127. The number of benzene rings is 1. The number of nitrogens with one attached hydrogen (secondary N) is 1. The molecule has 0 aliphatic carbocycles. The van der Waals surface area contributed by atoms with Crippen molar-refractivity contribution in [2.75, 3.05) is 46.4 Å². The van der Waals surface area contributed by atoms with Crippen LogP contribution in [0.3, 0.4) is 0 Å². The molecule has 172 valence electrons. The van der Waals surface area contributed by atoms with Gasteiger partial charge in [-0.2, -0.15) is 13.2 Å². The Hall–Kier alpha value is -2.02. The van der Waals surface area contributed by atoms with E-state index in [0.717, 1.165) is 50.2 Å². The summed E-state index contributed by atoms with van der Waals surface area (Å²) in [6.07, 6.45) is -4.44. The molecule has 1 N–H and O–H groups in total. The van der Waals surface area contributed by atoms with E-state index in [1.165, 1.54) is 18.2 Å². The number of rotatable bonds is 6. The first kappa shape index (κ1) is 25.2. The molecule has 1 fully saturated rings. The van der Waals surface area contributed by atoms with Crippen LogP contribution in [0.5, 0.6) is 5.75 Å². The van der Waals surface area contributed by atoms with E-state index in [4.69, 9.17) is 9.26 Å². The molecular weight excluding hydrogens is 526 g/mol. The number of hydrogen-bond acceptors (Lipinski definition) is 5. The van der Waals surface area contributed by atoms with E-state index in [-0.39, 0.29) is 36.3 Å². The molecule has 31 heavy (non-hydrogen) atoms. The average molecular weight is 553 g/mol. The van der Waals surface area contributed by atoms with Crippen molar-refractivity contribution in [3.8, 4) is 5.75 Å². The maximum absolute atomic E-state index is 13.0. The summed E-state index contributed by atoms with van der Waals surface area (Å²) in [4.78, 5) is 8.68. The molecule has 2 aromatic rings. The number of para-hydroxylation sites is 1. The molecule has 0 atom stereocenters. The predicted octanol–water partition coefficient (Wildman–Crippen LogP) is 3.39. The Morgan fingerprint density at radius 2 is 1.94 bits per heavy atom. The lowest BCUT2D eigenvalue weighted by atomic mass is 10.2. The maximum Gasteiger partial charge on any atom is 0.419 e. The number of alkyl halides is 3. The van der Waals surface area contributed by atoms with E-state index in [1.54, 1.807) is 7.05 Å². The highest BCUT2D eigenvalue weighted by Crippen LogP contribution is 2.35. The van der Waals surface area contributed by atoms with Crippen molar-refractivity contribution in [2.45, 2.75) is 19.6 Å². The van der Waals surface area contributed by atoms with E-state index >= 15 is 0 Å². The topological polar surface area (TPSA) is 66.1 Å². The van der Waals surface area contributed by atoms with Gasteiger partial charge in [0.25, 0.3) is 0 Å². The van der Waals surface area contributed by atoms with Gasteiger partial charge in [0, 0.05) is 45.8 Å². The molecule has 1 saturated heterocycles. The summed E-state index contributed by atoms with van der Waals surface area (Å²) in [5.74, 6) is 1.34. The lowest BCUT2D eigenvalue weighted by Crippen LogP contribution is -2.52. The number of aromatic nitrogens is 1. The quantitative estimate of drug-likeness (QED) is 0.256. The van der Waals surface area contributed by atoms with Crippen LogP contribution in [-0.2, 0) is 12.7 Å². The average Bonchev–Trinajstić information content (AvgIpc) is 3.13. The van der Waals surface area contributed by atoms with Crippen LogP contribution < -0.4 is 10.1 Å². The molecule has 3 rings (SSSR count). The Kier molecular flexibility index (Phi) is 9.41. The first-order chi connectivity index (χ1) is 14.4. The number of halogens is 4. The van der Waals surface area contributed by atoms with Crippen LogP contribution in [0.4, 0.5) is 13.2 Å². The Balaban J connectivity index is 0.00000341. The lowest BCUT2D eigenvalue weighted by molar-refractivity contribution is -0.138. The van der Waals surface area contributed by atoms with E-state index in [9.17, 15) is 13.2 Å². The molecule has 0 saturated carbocycles. The highest BCUT2D eigenvalue weighted by Gasteiger charge is 2.34. The van der Waals surface area contributed by atoms with Crippen molar-refractivity contribution in [3.63, 3.8) is 0 Å². The fourth-order valence-electron chi connectivity index (χ4n) is 3.32. The normalized spacial score (nSPS) is 15.5. The fourth-order valence-corrected chi connectivity index (χ4v) is 3.32. The van der Waals surface area contributed by atoms with Gasteiger partial charge in [0.1, 0.15) is 18.1 Å². The summed E-state index contributed by atoms with van der Waals surface area (Å²) in [6, 6.07) is 7.15. The minimum absolute atomic E-state index is 0. The molecule has 1 aromatic carbocycles. The van der Waals surface area contributed by atoms with Crippen LogP contribution in [0, 0.1) is 6.92 Å². The van der Waals surface area contributed by atoms with Crippen LogP contribution >= 0.6 is 24.0 Å². The lowest BCUT2D eigenvalue weighted by Gasteiger charge is -2.36.